The van der Waals surface area contributed by atoms with Gasteiger partial charge in [-0.15, -0.1) is 0 Å². The Hall–Kier alpha value is 0.688. The minimum absolute atomic E-state index is 0. The van der Waals surface area contributed by atoms with Crippen molar-refractivity contribution in [3.05, 3.63) is 6.92 Å². The summed E-state index contributed by atoms with van der Waals surface area (Å²) in [7, 11) is 0. The van der Waals surface area contributed by atoms with Crippen molar-refractivity contribution in [1.82, 2.24) is 0 Å². The van der Waals surface area contributed by atoms with Crippen LogP contribution in [0, 0.1) is 12.8 Å². The molecule has 0 nitrogen and oxygen atoms in total. The van der Waals surface area contributed by atoms with Crippen LogP contribution in [0.4, 0.5) is 0 Å². The molecular formula is C6H13W-. The second-order valence-corrected chi connectivity index (χ2v) is 1.68. The Kier molecular flexibility index (Phi) is 10.2. The predicted molar refractivity (Wildman–Crippen MR) is 29.4 cm³/mol. The van der Waals surface area contributed by atoms with E-state index in [1.54, 1.807) is 0 Å². The Morgan fingerprint density at radius 1 is 1.29 bits per heavy atom. The largest absolute Gasteiger partial charge is 0.340 e. The Labute approximate surface area is 61.0 Å². The van der Waals surface area contributed by atoms with Crippen molar-refractivity contribution in [3.8, 4) is 0 Å². The molecule has 0 amide bonds. The molecule has 1 heteroatoms. The molecule has 0 aliphatic rings. The summed E-state index contributed by atoms with van der Waals surface area (Å²) in [5.74, 6) is 0.685. The standard InChI is InChI=1S/C6H13.W/c1-4-6(3)5-2;/h6H,3-5H2,1-2H3;/q-1;. The first kappa shape index (κ1) is 10.6. The predicted octanol–water partition coefficient (Wildman–Crippen LogP) is 2.25. The maximum atomic E-state index is 3.88. The van der Waals surface area contributed by atoms with Crippen LogP contribution in [-0.2, 0) is 21.1 Å². The molecule has 0 aliphatic carbocycles. The van der Waals surface area contributed by atoms with Crippen LogP contribution < -0.4 is 0 Å². The van der Waals surface area contributed by atoms with E-state index in [1.165, 1.54) is 12.8 Å². The Balaban J connectivity index is 0. The molecule has 0 spiro atoms. The van der Waals surface area contributed by atoms with Gasteiger partial charge in [0.15, 0.2) is 0 Å². The van der Waals surface area contributed by atoms with E-state index in [0.29, 0.717) is 5.92 Å². The first-order valence-corrected chi connectivity index (χ1v) is 2.64. The topological polar surface area (TPSA) is 0 Å². The van der Waals surface area contributed by atoms with Gasteiger partial charge >= 0.3 is 0 Å². The maximum absolute atomic E-state index is 3.88. The molecule has 0 aromatic heterocycles. The van der Waals surface area contributed by atoms with Gasteiger partial charge in [0.2, 0.25) is 0 Å². The molecule has 7 heavy (non-hydrogen) atoms. The molecule has 0 saturated carbocycles. The second kappa shape index (κ2) is 6.69. The molecule has 0 N–H and O–H groups in total. The van der Waals surface area contributed by atoms with Gasteiger partial charge in [0.25, 0.3) is 0 Å². The quantitative estimate of drug-likeness (QED) is 0.674. The van der Waals surface area contributed by atoms with Crippen molar-refractivity contribution in [2.45, 2.75) is 26.7 Å². The summed E-state index contributed by atoms with van der Waals surface area (Å²) < 4.78 is 0. The summed E-state index contributed by atoms with van der Waals surface area (Å²) >= 11 is 0. The average Bonchev–Trinajstić information content (AvgIpc) is 1.65. The van der Waals surface area contributed by atoms with E-state index in [-0.39, 0.29) is 21.1 Å². The van der Waals surface area contributed by atoms with Gasteiger partial charge in [-0.2, -0.15) is 5.92 Å². The average molecular weight is 269 g/mol. The van der Waals surface area contributed by atoms with Crippen molar-refractivity contribution in [2.75, 3.05) is 0 Å². The molecule has 0 aromatic carbocycles. The third kappa shape index (κ3) is 6.69. The number of hydrogen-bond acceptors (Lipinski definition) is 0. The second-order valence-electron chi connectivity index (χ2n) is 1.68. The summed E-state index contributed by atoms with van der Waals surface area (Å²) in [5.41, 5.74) is 0. The molecule has 0 fully saturated rings. The van der Waals surface area contributed by atoms with Gasteiger partial charge in [-0.1, -0.05) is 26.7 Å². The van der Waals surface area contributed by atoms with Gasteiger partial charge < -0.3 is 6.92 Å². The molecule has 0 saturated heterocycles. The van der Waals surface area contributed by atoms with Gasteiger partial charge in [-0.25, -0.2) is 0 Å². The third-order valence-corrected chi connectivity index (χ3v) is 1.15. The van der Waals surface area contributed by atoms with E-state index in [9.17, 15) is 0 Å². The van der Waals surface area contributed by atoms with Crippen LogP contribution in [0.1, 0.15) is 26.7 Å². The van der Waals surface area contributed by atoms with Crippen molar-refractivity contribution in [3.63, 3.8) is 0 Å². The van der Waals surface area contributed by atoms with Crippen molar-refractivity contribution < 1.29 is 21.1 Å². The van der Waals surface area contributed by atoms with Crippen LogP contribution >= 0.6 is 0 Å². The van der Waals surface area contributed by atoms with E-state index in [2.05, 4.69) is 20.8 Å². The molecule has 44 valence electrons. The summed E-state index contributed by atoms with van der Waals surface area (Å²) in [6, 6.07) is 0. The zero-order valence-corrected chi connectivity index (χ0v) is 8.04. The molecule has 0 rings (SSSR count). The van der Waals surface area contributed by atoms with Crippen molar-refractivity contribution in [2.24, 2.45) is 5.92 Å². The molecule has 0 unspecified atom stereocenters. The Bertz CT molecular complexity index is 23.4. The van der Waals surface area contributed by atoms with E-state index in [4.69, 9.17) is 0 Å². The zero-order valence-electron chi connectivity index (χ0n) is 5.11. The first-order valence-electron chi connectivity index (χ1n) is 2.64. The molecule has 0 atom stereocenters. The minimum Gasteiger partial charge on any atom is -0.340 e. The molecule has 0 heterocycles. The van der Waals surface area contributed by atoms with Crippen molar-refractivity contribution >= 4 is 0 Å². The number of hydrogen-bond donors (Lipinski definition) is 0. The van der Waals surface area contributed by atoms with E-state index < -0.39 is 0 Å². The van der Waals surface area contributed by atoms with Gasteiger partial charge in [-0.05, 0) is 0 Å². The fourth-order valence-corrected chi connectivity index (χ4v) is 0.289. The summed E-state index contributed by atoms with van der Waals surface area (Å²) in [5, 5.41) is 0. The molecule has 0 bridgehead atoms. The summed E-state index contributed by atoms with van der Waals surface area (Å²) in [4.78, 5) is 0. The molecular weight excluding hydrogens is 256 g/mol. The van der Waals surface area contributed by atoms with E-state index in [1.807, 2.05) is 0 Å². The normalized spacial score (nSPS) is 8.57. The van der Waals surface area contributed by atoms with Crippen molar-refractivity contribution in [1.29, 1.82) is 0 Å². The van der Waals surface area contributed by atoms with Gasteiger partial charge in [0, 0.05) is 21.1 Å². The van der Waals surface area contributed by atoms with Crippen LogP contribution in [0.3, 0.4) is 0 Å². The summed E-state index contributed by atoms with van der Waals surface area (Å²) in [6.07, 6.45) is 2.44. The molecule has 0 aromatic rings. The molecule has 0 radical (unpaired) electrons. The minimum atomic E-state index is 0. The summed E-state index contributed by atoms with van der Waals surface area (Å²) in [6.45, 7) is 8.21. The SMILES string of the molecule is [CH2-]C(CC)CC.[W]. The fraction of sp³-hybridized carbons (Fsp3) is 0.833. The zero-order chi connectivity index (χ0) is 4.99. The fourth-order valence-electron chi connectivity index (χ4n) is 0.289. The van der Waals surface area contributed by atoms with Crippen LogP contribution in [0.2, 0.25) is 0 Å². The monoisotopic (exact) mass is 269 g/mol. The van der Waals surface area contributed by atoms with Crippen LogP contribution in [0.5, 0.6) is 0 Å². The van der Waals surface area contributed by atoms with Crippen LogP contribution in [0.15, 0.2) is 0 Å². The van der Waals surface area contributed by atoms with E-state index >= 15 is 0 Å². The van der Waals surface area contributed by atoms with Gasteiger partial charge in [0.1, 0.15) is 0 Å². The van der Waals surface area contributed by atoms with Gasteiger partial charge in [-0.3, -0.25) is 0 Å². The first-order chi connectivity index (χ1) is 2.81. The smallest absolute Gasteiger partial charge is 0 e. The molecule has 0 aliphatic heterocycles. The van der Waals surface area contributed by atoms with E-state index in [0.717, 1.165) is 0 Å². The Morgan fingerprint density at radius 2 is 1.57 bits per heavy atom. The van der Waals surface area contributed by atoms with Crippen LogP contribution in [-0.4, -0.2) is 0 Å². The maximum Gasteiger partial charge on any atom is 0 e. The third-order valence-electron chi connectivity index (χ3n) is 1.15. The van der Waals surface area contributed by atoms with Gasteiger partial charge in [0.05, 0.1) is 0 Å². The van der Waals surface area contributed by atoms with Crippen LogP contribution in [0.25, 0.3) is 0 Å². The number of rotatable bonds is 2. The Morgan fingerprint density at radius 3 is 1.57 bits per heavy atom.